The quantitative estimate of drug-likeness (QED) is 0.522. The second-order valence-corrected chi connectivity index (χ2v) is 9.35. The van der Waals surface area contributed by atoms with Crippen LogP contribution in [0.15, 0.2) is 36.4 Å². The molecule has 0 saturated heterocycles. The van der Waals surface area contributed by atoms with E-state index in [4.69, 9.17) is 4.74 Å². The third kappa shape index (κ3) is 3.63. The van der Waals surface area contributed by atoms with Crippen molar-refractivity contribution in [3.63, 3.8) is 0 Å². The Hall–Kier alpha value is -3.36. The van der Waals surface area contributed by atoms with E-state index in [-0.39, 0.29) is 11.9 Å². The van der Waals surface area contributed by atoms with Crippen LogP contribution < -0.4 is 15.0 Å². The van der Waals surface area contributed by atoms with Gasteiger partial charge in [0.15, 0.2) is 11.4 Å². The molecule has 6 nitrogen and oxygen atoms in total. The predicted molar refractivity (Wildman–Crippen MR) is 123 cm³/mol. The van der Waals surface area contributed by atoms with Crippen molar-refractivity contribution in [2.24, 2.45) is 0 Å². The maximum Gasteiger partial charge on any atom is 0.416 e. The Balaban J connectivity index is 1.57. The molecule has 178 valence electrons. The Kier molecular flexibility index (Phi) is 5.00. The van der Waals surface area contributed by atoms with Crippen molar-refractivity contribution in [1.29, 1.82) is 0 Å². The Morgan fingerprint density at radius 3 is 2.47 bits per heavy atom. The lowest BCUT2D eigenvalue weighted by Crippen LogP contribution is -2.50. The summed E-state index contributed by atoms with van der Waals surface area (Å²) >= 11 is 0. The van der Waals surface area contributed by atoms with E-state index in [0.717, 1.165) is 22.9 Å². The van der Waals surface area contributed by atoms with Crippen LogP contribution in [0.4, 0.5) is 24.7 Å². The number of alkyl halides is 3. The second-order valence-electron chi connectivity index (χ2n) is 9.35. The molecule has 0 bridgehead atoms. The Labute approximate surface area is 195 Å². The Bertz CT molecular complexity index is 1300. The predicted octanol–water partition coefficient (Wildman–Crippen LogP) is 5.80. The van der Waals surface area contributed by atoms with Crippen molar-refractivity contribution in [2.45, 2.75) is 64.4 Å². The van der Waals surface area contributed by atoms with Gasteiger partial charge in [-0.2, -0.15) is 18.3 Å². The number of hydrogen-bond acceptors (Lipinski definition) is 5. The topological polar surface area (TPSA) is 67.4 Å². The highest BCUT2D eigenvalue weighted by atomic mass is 19.4. The van der Waals surface area contributed by atoms with Gasteiger partial charge in [-0.1, -0.05) is 12.1 Å². The number of hydrogen-bond donors (Lipinski definition) is 1. The van der Waals surface area contributed by atoms with Crippen molar-refractivity contribution < 1.29 is 22.7 Å². The largest absolute Gasteiger partial charge is 0.475 e. The van der Waals surface area contributed by atoms with Gasteiger partial charge in [0.1, 0.15) is 5.75 Å². The summed E-state index contributed by atoms with van der Waals surface area (Å²) in [4.78, 5) is 14.9. The zero-order valence-corrected chi connectivity index (χ0v) is 19.3. The molecular formula is C25H25F3N4O2. The van der Waals surface area contributed by atoms with Gasteiger partial charge in [0.25, 0.3) is 5.91 Å². The first-order valence-corrected chi connectivity index (χ1v) is 11.3. The number of ether oxygens (including phenoxy) is 1. The van der Waals surface area contributed by atoms with E-state index in [0.29, 0.717) is 41.4 Å². The van der Waals surface area contributed by atoms with Gasteiger partial charge in [-0.15, -0.1) is 5.10 Å². The van der Waals surface area contributed by atoms with Crippen molar-refractivity contribution in [3.05, 3.63) is 53.2 Å². The smallest absolute Gasteiger partial charge is 0.416 e. The molecule has 1 saturated carbocycles. The lowest BCUT2D eigenvalue weighted by Gasteiger charge is -2.37. The molecule has 5 rings (SSSR count). The number of nitrogens with zero attached hydrogens (tertiary/aromatic N) is 3. The van der Waals surface area contributed by atoms with Crippen LogP contribution in [-0.4, -0.2) is 27.7 Å². The van der Waals surface area contributed by atoms with Crippen LogP contribution in [-0.2, 0) is 11.0 Å². The third-order valence-electron chi connectivity index (χ3n) is 6.51. The van der Waals surface area contributed by atoms with Crippen LogP contribution in [0, 0.1) is 6.92 Å². The minimum absolute atomic E-state index is 0.0417. The minimum atomic E-state index is -4.42. The molecule has 1 spiro atoms. The van der Waals surface area contributed by atoms with Gasteiger partial charge >= 0.3 is 6.18 Å². The summed E-state index contributed by atoms with van der Waals surface area (Å²) in [5, 5.41) is 13.3. The number of carbonyl (C=O) groups is 1. The molecule has 1 amide bonds. The van der Waals surface area contributed by atoms with Gasteiger partial charge in [0.2, 0.25) is 0 Å². The van der Waals surface area contributed by atoms with Gasteiger partial charge in [-0.25, -0.2) is 0 Å². The highest BCUT2D eigenvalue weighted by Gasteiger charge is 2.58. The van der Waals surface area contributed by atoms with Crippen LogP contribution in [0.2, 0.25) is 0 Å². The van der Waals surface area contributed by atoms with Crippen LogP contribution in [0.5, 0.6) is 5.75 Å². The summed E-state index contributed by atoms with van der Waals surface area (Å²) in [5.41, 5.74) is 0.355. The summed E-state index contributed by atoms with van der Waals surface area (Å²) in [5.74, 6) is 1.02. The molecule has 1 aliphatic carbocycles. The van der Waals surface area contributed by atoms with E-state index < -0.39 is 23.4 Å². The molecule has 2 heterocycles. The summed E-state index contributed by atoms with van der Waals surface area (Å²) in [6.07, 6.45) is -3.03. The number of aryl methyl sites for hydroxylation is 1. The molecule has 34 heavy (non-hydrogen) atoms. The molecule has 3 aromatic rings. The average Bonchev–Trinajstić information content (AvgIpc) is 3.55. The van der Waals surface area contributed by atoms with Crippen LogP contribution >= 0.6 is 0 Å². The van der Waals surface area contributed by atoms with Crippen molar-refractivity contribution in [3.8, 4) is 5.75 Å². The normalized spacial score (nSPS) is 17.6. The molecule has 1 aliphatic heterocycles. The number of amides is 1. The van der Waals surface area contributed by atoms with Gasteiger partial charge in [0, 0.05) is 29.7 Å². The summed E-state index contributed by atoms with van der Waals surface area (Å²) in [6, 6.07) is 8.42. The standard InChI is InChI=1S/C25H25F3N4O2/c1-13(2)32-20-11-19-18(12-21(20)34-24(8-9-24)23(32)33)15(4)30-31-22(19)29-14(3)16-6-5-7-17(10-16)25(26,27)28/h5-7,10-14H,8-9H2,1-4H3,(H,29,31)/t14-/m1/s1. The molecule has 2 aromatic carbocycles. The fourth-order valence-corrected chi connectivity index (χ4v) is 4.47. The van der Waals surface area contributed by atoms with Crippen LogP contribution in [0.25, 0.3) is 10.8 Å². The Morgan fingerprint density at radius 2 is 1.82 bits per heavy atom. The highest BCUT2D eigenvalue weighted by molar-refractivity contribution is 6.08. The average molecular weight is 470 g/mol. The van der Waals surface area contributed by atoms with E-state index in [1.54, 1.807) is 17.9 Å². The fourth-order valence-electron chi connectivity index (χ4n) is 4.47. The van der Waals surface area contributed by atoms with Gasteiger partial charge in [-0.05, 0) is 57.5 Å². The molecule has 1 aromatic heterocycles. The van der Waals surface area contributed by atoms with Gasteiger partial charge < -0.3 is 15.0 Å². The van der Waals surface area contributed by atoms with E-state index in [9.17, 15) is 18.0 Å². The minimum Gasteiger partial charge on any atom is -0.475 e. The number of fused-ring (bicyclic) bond motifs is 2. The van der Waals surface area contributed by atoms with Crippen LogP contribution in [0.3, 0.4) is 0 Å². The van der Waals surface area contributed by atoms with Crippen LogP contribution in [0.1, 0.15) is 56.5 Å². The SMILES string of the molecule is Cc1nnc(N[C@H](C)c2cccc(C(F)(F)F)c2)c2cc3c(cc12)OC1(CC1)C(=O)N3C(C)C. The van der Waals surface area contributed by atoms with E-state index in [1.807, 2.05) is 32.9 Å². The molecule has 0 radical (unpaired) electrons. The number of aromatic nitrogens is 2. The summed E-state index contributed by atoms with van der Waals surface area (Å²) < 4.78 is 45.7. The molecule has 1 atom stereocenters. The zero-order chi connectivity index (χ0) is 24.4. The maximum atomic E-state index is 13.2. The molecular weight excluding hydrogens is 445 g/mol. The first kappa shape index (κ1) is 22.4. The molecule has 9 heteroatoms. The number of halogens is 3. The number of anilines is 2. The van der Waals surface area contributed by atoms with Gasteiger partial charge in [-0.3, -0.25) is 4.79 Å². The van der Waals surface area contributed by atoms with E-state index >= 15 is 0 Å². The van der Waals surface area contributed by atoms with E-state index in [2.05, 4.69) is 15.5 Å². The Morgan fingerprint density at radius 1 is 1.09 bits per heavy atom. The first-order chi connectivity index (χ1) is 16.0. The summed E-state index contributed by atoms with van der Waals surface area (Å²) in [7, 11) is 0. The first-order valence-electron chi connectivity index (χ1n) is 11.3. The van der Waals surface area contributed by atoms with Crippen molar-refractivity contribution in [1.82, 2.24) is 10.2 Å². The zero-order valence-electron chi connectivity index (χ0n) is 19.3. The van der Waals surface area contributed by atoms with E-state index in [1.165, 1.54) is 6.07 Å². The fraction of sp³-hybridized carbons (Fsp3) is 0.400. The lowest BCUT2D eigenvalue weighted by molar-refractivity contribution is -0.137. The van der Waals surface area contributed by atoms with Gasteiger partial charge in [0.05, 0.1) is 23.0 Å². The number of rotatable bonds is 4. The molecule has 1 fully saturated rings. The third-order valence-corrected chi connectivity index (χ3v) is 6.51. The maximum absolute atomic E-state index is 13.2. The molecule has 0 unspecified atom stereocenters. The lowest BCUT2D eigenvalue weighted by atomic mass is 10.0. The number of benzene rings is 2. The highest BCUT2D eigenvalue weighted by Crippen LogP contribution is 2.51. The molecule has 2 aliphatic rings. The van der Waals surface area contributed by atoms with Crippen molar-refractivity contribution >= 4 is 28.2 Å². The number of carbonyl (C=O) groups excluding carboxylic acids is 1. The second kappa shape index (κ2) is 7.58. The summed E-state index contributed by atoms with van der Waals surface area (Å²) in [6.45, 7) is 7.52. The molecule has 1 N–H and O–H groups in total. The monoisotopic (exact) mass is 470 g/mol. The number of nitrogens with one attached hydrogen (secondary N) is 1. The van der Waals surface area contributed by atoms with Crippen molar-refractivity contribution in [2.75, 3.05) is 10.2 Å².